The Morgan fingerprint density at radius 1 is 1.19 bits per heavy atom. The number of rotatable bonds is 3. The molecule has 2 rings (SSSR count). The van der Waals surface area contributed by atoms with Crippen LogP contribution in [0.1, 0.15) is 12.5 Å². The maximum absolute atomic E-state index is 9.31. The van der Waals surface area contributed by atoms with E-state index in [0.717, 1.165) is 19.5 Å². The summed E-state index contributed by atoms with van der Waals surface area (Å²) in [6.45, 7) is 4.62. The molecule has 0 spiro atoms. The number of benzene rings is 1. The van der Waals surface area contributed by atoms with Crippen molar-refractivity contribution in [1.82, 2.24) is 5.32 Å². The maximum atomic E-state index is 9.31. The zero-order valence-electron chi connectivity index (χ0n) is 9.89. The van der Waals surface area contributed by atoms with E-state index in [-0.39, 0.29) is 0 Å². The fourth-order valence-electron chi connectivity index (χ4n) is 2.62. The van der Waals surface area contributed by atoms with Gasteiger partial charge in [0.2, 0.25) is 0 Å². The topological polar surface area (TPSA) is 32.3 Å². The molecule has 0 saturated carbocycles. The molecule has 0 aliphatic carbocycles. The average molecular weight is 219 g/mol. The van der Waals surface area contributed by atoms with E-state index in [0.29, 0.717) is 24.4 Å². The quantitative estimate of drug-likeness (QED) is 0.811. The molecule has 1 fully saturated rings. The third kappa shape index (κ3) is 2.63. The Morgan fingerprint density at radius 3 is 2.56 bits per heavy atom. The van der Waals surface area contributed by atoms with E-state index in [1.807, 2.05) is 0 Å². The van der Waals surface area contributed by atoms with Gasteiger partial charge in [0.1, 0.15) is 0 Å². The maximum Gasteiger partial charge on any atom is 0.0474 e. The summed E-state index contributed by atoms with van der Waals surface area (Å²) in [7, 11) is 0. The normalized spacial score (nSPS) is 30.2. The third-order valence-electron chi connectivity index (χ3n) is 3.88. The summed E-state index contributed by atoms with van der Waals surface area (Å²) >= 11 is 0. The second kappa shape index (κ2) is 5.46. The van der Waals surface area contributed by atoms with Crippen LogP contribution in [0.3, 0.4) is 0 Å². The monoisotopic (exact) mass is 219 g/mol. The number of aliphatic hydroxyl groups excluding tert-OH is 1. The highest BCUT2D eigenvalue weighted by Crippen LogP contribution is 2.26. The first-order chi connectivity index (χ1) is 7.81. The molecule has 2 N–H and O–H groups in total. The fourth-order valence-corrected chi connectivity index (χ4v) is 2.62. The predicted octanol–water partition coefficient (Wildman–Crippen LogP) is 1.69. The van der Waals surface area contributed by atoms with Crippen molar-refractivity contribution in [3.63, 3.8) is 0 Å². The van der Waals surface area contributed by atoms with Gasteiger partial charge in [0.25, 0.3) is 0 Å². The summed E-state index contributed by atoms with van der Waals surface area (Å²) in [5, 5.41) is 12.7. The predicted molar refractivity (Wildman–Crippen MR) is 66.2 cm³/mol. The van der Waals surface area contributed by atoms with Crippen molar-refractivity contribution in [2.75, 3.05) is 19.7 Å². The van der Waals surface area contributed by atoms with Gasteiger partial charge in [-0.3, -0.25) is 0 Å². The van der Waals surface area contributed by atoms with Crippen molar-refractivity contribution >= 4 is 0 Å². The van der Waals surface area contributed by atoms with Gasteiger partial charge in [0, 0.05) is 13.2 Å². The Morgan fingerprint density at radius 2 is 1.88 bits per heavy atom. The second-order valence-corrected chi connectivity index (χ2v) is 4.91. The SMILES string of the molecule is C[C@H]1C(CO)CNCC1Cc1ccccc1. The lowest BCUT2D eigenvalue weighted by atomic mass is 9.77. The van der Waals surface area contributed by atoms with Crippen LogP contribution in [0.15, 0.2) is 30.3 Å². The molecule has 1 heterocycles. The highest BCUT2D eigenvalue weighted by atomic mass is 16.3. The van der Waals surface area contributed by atoms with Crippen LogP contribution < -0.4 is 5.32 Å². The van der Waals surface area contributed by atoms with Crippen LogP contribution in [0, 0.1) is 17.8 Å². The van der Waals surface area contributed by atoms with E-state index >= 15 is 0 Å². The Balaban J connectivity index is 1.99. The minimum absolute atomic E-state index is 0.305. The molecule has 2 nitrogen and oxygen atoms in total. The van der Waals surface area contributed by atoms with Crippen molar-refractivity contribution < 1.29 is 5.11 Å². The van der Waals surface area contributed by atoms with Crippen LogP contribution in [-0.2, 0) is 6.42 Å². The first kappa shape index (κ1) is 11.6. The van der Waals surface area contributed by atoms with Gasteiger partial charge < -0.3 is 10.4 Å². The smallest absolute Gasteiger partial charge is 0.0474 e. The molecule has 2 heteroatoms. The van der Waals surface area contributed by atoms with Crippen molar-refractivity contribution in [3.8, 4) is 0 Å². The largest absolute Gasteiger partial charge is 0.396 e. The molecular weight excluding hydrogens is 198 g/mol. The van der Waals surface area contributed by atoms with Crippen LogP contribution >= 0.6 is 0 Å². The van der Waals surface area contributed by atoms with E-state index in [4.69, 9.17) is 0 Å². The highest BCUT2D eigenvalue weighted by molar-refractivity contribution is 5.15. The molecule has 1 aliphatic rings. The van der Waals surface area contributed by atoms with E-state index in [1.54, 1.807) is 0 Å². The van der Waals surface area contributed by atoms with Gasteiger partial charge in [-0.2, -0.15) is 0 Å². The van der Waals surface area contributed by atoms with Gasteiger partial charge in [-0.05, 0) is 36.3 Å². The van der Waals surface area contributed by atoms with Crippen molar-refractivity contribution in [3.05, 3.63) is 35.9 Å². The molecule has 1 aromatic rings. The summed E-state index contributed by atoms with van der Waals surface area (Å²) in [6.07, 6.45) is 1.12. The number of hydrogen-bond donors (Lipinski definition) is 2. The molecule has 0 aromatic heterocycles. The molecule has 2 unspecified atom stereocenters. The zero-order valence-corrected chi connectivity index (χ0v) is 9.89. The molecule has 0 amide bonds. The lowest BCUT2D eigenvalue weighted by molar-refractivity contribution is 0.114. The molecular formula is C14H21NO. The number of nitrogens with one attached hydrogen (secondary N) is 1. The highest BCUT2D eigenvalue weighted by Gasteiger charge is 2.29. The standard InChI is InChI=1S/C14H21NO/c1-11-13(8-15-9-14(11)10-16)7-12-5-3-2-4-6-12/h2-6,11,13-16H,7-10H2,1H3/t11-,13?,14?/m1/s1. The molecule has 16 heavy (non-hydrogen) atoms. The summed E-state index contributed by atoms with van der Waals surface area (Å²) < 4.78 is 0. The van der Waals surface area contributed by atoms with E-state index in [1.165, 1.54) is 5.56 Å². The first-order valence-electron chi connectivity index (χ1n) is 6.16. The van der Waals surface area contributed by atoms with Gasteiger partial charge in [0.15, 0.2) is 0 Å². The molecule has 3 atom stereocenters. The molecule has 88 valence electrons. The Bertz CT molecular complexity index is 312. The van der Waals surface area contributed by atoms with Gasteiger partial charge >= 0.3 is 0 Å². The lowest BCUT2D eigenvalue weighted by Gasteiger charge is -2.36. The zero-order chi connectivity index (χ0) is 11.4. The Hall–Kier alpha value is -0.860. The fraction of sp³-hybridized carbons (Fsp3) is 0.571. The van der Waals surface area contributed by atoms with Crippen molar-refractivity contribution in [2.45, 2.75) is 13.3 Å². The molecule has 1 aromatic carbocycles. The van der Waals surface area contributed by atoms with Crippen molar-refractivity contribution in [1.29, 1.82) is 0 Å². The first-order valence-corrected chi connectivity index (χ1v) is 6.16. The van der Waals surface area contributed by atoms with Crippen LogP contribution in [-0.4, -0.2) is 24.8 Å². The Kier molecular flexibility index (Phi) is 3.97. The molecule has 1 saturated heterocycles. The van der Waals surface area contributed by atoms with Crippen LogP contribution in [0.5, 0.6) is 0 Å². The number of aliphatic hydroxyl groups is 1. The van der Waals surface area contributed by atoms with Gasteiger partial charge in [-0.25, -0.2) is 0 Å². The average Bonchev–Trinajstić information content (AvgIpc) is 2.33. The molecule has 0 bridgehead atoms. The molecule has 0 radical (unpaired) electrons. The lowest BCUT2D eigenvalue weighted by Crippen LogP contribution is -2.44. The number of piperidine rings is 1. The minimum atomic E-state index is 0.305. The summed E-state index contributed by atoms with van der Waals surface area (Å²) in [4.78, 5) is 0. The Labute approximate surface area is 97.7 Å². The minimum Gasteiger partial charge on any atom is -0.396 e. The van der Waals surface area contributed by atoms with Crippen molar-refractivity contribution in [2.24, 2.45) is 17.8 Å². The van der Waals surface area contributed by atoms with Crippen LogP contribution in [0.4, 0.5) is 0 Å². The third-order valence-corrected chi connectivity index (χ3v) is 3.88. The van der Waals surface area contributed by atoms with Gasteiger partial charge in [-0.1, -0.05) is 37.3 Å². The summed E-state index contributed by atoms with van der Waals surface area (Å²) in [5.74, 6) is 1.67. The van der Waals surface area contributed by atoms with E-state index < -0.39 is 0 Å². The second-order valence-electron chi connectivity index (χ2n) is 4.91. The van der Waals surface area contributed by atoms with E-state index in [9.17, 15) is 5.11 Å². The molecule has 1 aliphatic heterocycles. The van der Waals surface area contributed by atoms with Gasteiger partial charge in [-0.15, -0.1) is 0 Å². The number of hydrogen-bond acceptors (Lipinski definition) is 2. The van der Waals surface area contributed by atoms with Crippen LogP contribution in [0.25, 0.3) is 0 Å². The summed E-state index contributed by atoms with van der Waals surface area (Å²) in [6, 6.07) is 10.6. The van der Waals surface area contributed by atoms with Crippen LogP contribution in [0.2, 0.25) is 0 Å². The van der Waals surface area contributed by atoms with E-state index in [2.05, 4.69) is 42.6 Å². The van der Waals surface area contributed by atoms with Gasteiger partial charge in [0.05, 0.1) is 0 Å². The summed E-state index contributed by atoms with van der Waals surface area (Å²) in [5.41, 5.74) is 1.40.